The van der Waals surface area contributed by atoms with E-state index in [0.717, 1.165) is 5.56 Å². The van der Waals surface area contributed by atoms with Gasteiger partial charge in [-0.05, 0) is 59.3 Å². The maximum atomic E-state index is 11.1. The van der Waals surface area contributed by atoms with Crippen molar-refractivity contribution in [1.82, 2.24) is 4.78 Å². The van der Waals surface area contributed by atoms with Crippen molar-refractivity contribution in [2.75, 3.05) is 7.05 Å². The summed E-state index contributed by atoms with van der Waals surface area (Å²) in [6.07, 6.45) is 1.62. The SMILES string of the molecule is CN(/N=C/c1ccc(OP=S)cc1)[P+](=S)Oc1ccc(C(O)P(=O)(O)O)cc1. The number of benzene rings is 2. The Labute approximate surface area is 174 Å². The zero-order valence-electron chi connectivity index (χ0n) is 14.4. The van der Waals surface area contributed by atoms with Crippen molar-refractivity contribution >= 4 is 52.1 Å². The van der Waals surface area contributed by atoms with E-state index in [-0.39, 0.29) is 5.56 Å². The minimum absolute atomic E-state index is 0.0867. The Kier molecular flexibility index (Phi) is 8.56. The number of hydrazone groups is 1. The molecule has 0 saturated heterocycles. The van der Waals surface area contributed by atoms with Crippen LogP contribution in [0.2, 0.25) is 0 Å². The topological polar surface area (TPSA) is 112 Å². The molecule has 2 unspecified atom stereocenters. The highest BCUT2D eigenvalue weighted by atomic mass is 32.4. The van der Waals surface area contributed by atoms with Gasteiger partial charge in [0.05, 0.1) is 13.3 Å². The molecule has 2 aromatic rings. The van der Waals surface area contributed by atoms with Crippen LogP contribution in [0.1, 0.15) is 17.0 Å². The Bertz CT molecular complexity index is 905. The van der Waals surface area contributed by atoms with E-state index in [1.165, 1.54) is 29.0 Å². The molecule has 2 atom stereocenters. The van der Waals surface area contributed by atoms with Gasteiger partial charge in [-0.1, -0.05) is 16.9 Å². The van der Waals surface area contributed by atoms with E-state index < -0.39 is 20.5 Å². The Morgan fingerprint density at radius 1 is 1.18 bits per heavy atom. The third-order valence-electron chi connectivity index (χ3n) is 3.31. The molecule has 0 fully saturated rings. The first-order valence-electron chi connectivity index (χ1n) is 7.56. The van der Waals surface area contributed by atoms with Gasteiger partial charge in [0.2, 0.25) is 19.4 Å². The molecule has 13 heteroatoms. The molecule has 3 N–H and O–H groups in total. The molecule has 2 rings (SSSR count). The minimum atomic E-state index is -4.63. The summed E-state index contributed by atoms with van der Waals surface area (Å²) in [6.45, 7) is 0. The van der Waals surface area contributed by atoms with Crippen molar-refractivity contribution < 1.29 is 28.5 Å². The van der Waals surface area contributed by atoms with Crippen LogP contribution in [0.4, 0.5) is 0 Å². The predicted octanol–water partition coefficient (Wildman–Crippen LogP) is 3.68. The Hall–Kier alpha value is -1.34. The molecule has 0 radical (unpaired) electrons. The molecule has 8 nitrogen and oxygen atoms in total. The zero-order valence-corrected chi connectivity index (χ0v) is 18.7. The van der Waals surface area contributed by atoms with Crippen LogP contribution in [0.15, 0.2) is 53.6 Å². The molecule has 148 valence electrons. The van der Waals surface area contributed by atoms with Gasteiger partial charge in [-0.25, -0.2) is 0 Å². The molecular formula is C15H16N2O6P3S2+. The van der Waals surface area contributed by atoms with Gasteiger partial charge in [0.15, 0.2) is 11.6 Å². The fraction of sp³-hybridized carbons (Fsp3) is 0.133. The molecule has 0 aliphatic carbocycles. The van der Waals surface area contributed by atoms with Gasteiger partial charge in [0.1, 0.15) is 5.75 Å². The lowest BCUT2D eigenvalue weighted by molar-refractivity contribution is 0.205. The van der Waals surface area contributed by atoms with Crippen molar-refractivity contribution in [3.05, 3.63) is 59.7 Å². The van der Waals surface area contributed by atoms with Crippen molar-refractivity contribution in [3.8, 4) is 11.5 Å². The number of aliphatic hydroxyl groups excluding tert-OH is 1. The van der Waals surface area contributed by atoms with Crippen LogP contribution in [0.25, 0.3) is 0 Å². The Morgan fingerprint density at radius 2 is 1.75 bits per heavy atom. The van der Waals surface area contributed by atoms with E-state index in [1.54, 1.807) is 25.4 Å². The normalized spacial score (nSPS) is 13.4. The fourth-order valence-electron chi connectivity index (χ4n) is 1.89. The molecule has 0 saturated carbocycles. The van der Waals surface area contributed by atoms with E-state index in [2.05, 4.69) is 5.10 Å². The molecule has 0 heterocycles. The number of hydrogen-bond donors (Lipinski definition) is 3. The Balaban J connectivity index is 1.96. The minimum Gasteiger partial charge on any atom is -0.429 e. The van der Waals surface area contributed by atoms with Crippen LogP contribution in [0.5, 0.6) is 11.5 Å². The van der Waals surface area contributed by atoms with Gasteiger partial charge >= 0.3 is 14.7 Å². The predicted molar refractivity (Wildman–Crippen MR) is 115 cm³/mol. The lowest BCUT2D eigenvalue weighted by atomic mass is 10.2. The largest absolute Gasteiger partial charge is 0.540 e. The second-order valence-electron chi connectivity index (χ2n) is 5.33. The fourth-order valence-corrected chi connectivity index (χ4v) is 3.86. The average Bonchev–Trinajstić information content (AvgIpc) is 2.66. The molecule has 28 heavy (non-hydrogen) atoms. The summed E-state index contributed by atoms with van der Waals surface area (Å²) >= 11 is 10.0. The number of nitrogens with zero attached hydrogens (tertiary/aromatic N) is 2. The maximum absolute atomic E-state index is 11.1. The smallest absolute Gasteiger partial charge is 0.429 e. The monoisotopic (exact) mass is 477 g/mol. The highest BCUT2D eigenvalue weighted by Gasteiger charge is 2.28. The Morgan fingerprint density at radius 3 is 2.29 bits per heavy atom. The highest BCUT2D eigenvalue weighted by molar-refractivity contribution is 8.02. The summed E-state index contributed by atoms with van der Waals surface area (Å²) in [7, 11) is -4.05. The van der Waals surface area contributed by atoms with E-state index in [9.17, 15) is 9.67 Å². The second kappa shape index (κ2) is 10.4. The number of rotatable bonds is 9. The first-order chi connectivity index (χ1) is 13.2. The zero-order chi connectivity index (χ0) is 20.7. The molecule has 0 aromatic heterocycles. The van der Waals surface area contributed by atoms with Crippen LogP contribution in [-0.2, 0) is 28.2 Å². The van der Waals surface area contributed by atoms with Crippen LogP contribution in [-0.4, -0.2) is 32.9 Å². The number of hydrogen-bond acceptors (Lipinski definition) is 7. The third kappa shape index (κ3) is 6.92. The lowest BCUT2D eigenvalue weighted by Gasteiger charge is -2.12. The van der Waals surface area contributed by atoms with Crippen LogP contribution in [0.3, 0.4) is 0 Å². The van der Waals surface area contributed by atoms with Crippen molar-refractivity contribution in [1.29, 1.82) is 0 Å². The number of aliphatic hydroxyl groups is 1. The summed E-state index contributed by atoms with van der Waals surface area (Å²) in [5.74, 6) is -0.806. The van der Waals surface area contributed by atoms with Gasteiger partial charge in [0, 0.05) is 0 Å². The van der Waals surface area contributed by atoms with E-state index in [0.29, 0.717) is 19.1 Å². The van der Waals surface area contributed by atoms with E-state index in [4.69, 9.17) is 42.4 Å². The van der Waals surface area contributed by atoms with Crippen molar-refractivity contribution in [3.63, 3.8) is 0 Å². The average molecular weight is 477 g/mol. The van der Waals surface area contributed by atoms with E-state index in [1.807, 2.05) is 12.1 Å². The quantitative estimate of drug-likeness (QED) is 0.283. The van der Waals surface area contributed by atoms with Crippen molar-refractivity contribution in [2.45, 2.75) is 5.85 Å². The van der Waals surface area contributed by atoms with Crippen LogP contribution < -0.4 is 9.05 Å². The summed E-state index contributed by atoms with van der Waals surface area (Å²) in [4.78, 5) is 18.0. The van der Waals surface area contributed by atoms with Gasteiger partial charge < -0.3 is 19.4 Å². The molecular weight excluding hydrogens is 461 g/mol. The van der Waals surface area contributed by atoms with Gasteiger partial charge in [0.25, 0.3) is 0 Å². The van der Waals surface area contributed by atoms with Crippen LogP contribution >= 0.6 is 22.3 Å². The molecule has 0 amide bonds. The van der Waals surface area contributed by atoms with Gasteiger partial charge in [-0.2, -0.15) is 0 Å². The molecule has 2 aromatic carbocycles. The summed E-state index contributed by atoms with van der Waals surface area (Å²) < 4.78 is 23.4. The highest BCUT2D eigenvalue weighted by Crippen LogP contribution is 2.50. The van der Waals surface area contributed by atoms with Crippen LogP contribution in [0, 0.1) is 0 Å². The van der Waals surface area contributed by atoms with Gasteiger partial charge in [-0.15, -0.1) is 5.10 Å². The lowest BCUT2D eigenvalue weighted by Crippen LogP contribution is -2.03. The molecule has 0 spiro atoms. The first kappa shape index (κ1) is 22.9. The standard InChI is InChI=1S/C15H15N2O6P3S2/c1-17(16-10-11-2-6-13(7-3-11)22-24-27)25(28)23-14-8-4-12(5-9-14)15(18)26(19,20)21/h2-10,15,18H,1H3,(H-,19,20,21)/p+1/b16-10+. The third-order valence-corrected chi connectivity index (χ3v) is 6.63. The molecule has 0 bridgehead atoms. The van der Waals surface area contributed by atoms with E-state index >= 15 is 0 Å². The summed E-state index contributed by atoms with van der Waals surface area (Å²) in [6, 6.07) is 12.9. The van der Waals surface area contributed by atoms with Crippen molar-refractivity contribution in [2.24, 2.45) is 5.10 Å². The second-order valence-corrected chi connectivity index (χ2v) is 9.95. The molecule has 0 aliphatic heterocycles. The first-order valence-corrected chi connectivity index (χ1v) is 13.3. The summed E-state index contributed by atoms with van der Waals surface area (Å²) in [5, 5.41) is 13.8. The molecule has 0 aliphatic rings. The maximum Gasteiger partial charge on any atom is 0.540 e. The van der Waals surface area contributed by atoms with Gasteiger partial charge in [-0.3, -0.25) is 9.09 Å². The summed E-state index contributed by atoms with van der Waals surface area (Å²) in [5.41, 5.74) is 0.929.